The Kier molecular flexibility index (Phi) is 28.5. The van der Waals surface area contributed by atoms with Gasteiger partial charge in [-0.25, -0.2) is 4.99 Å². The lowest BCUT2D eigenvalue weighted by atomic mass is 10.0. The molecular weight excluding hydrogens is 538 g/mol. The van der Waals surface area contributed by atoms with Crippen LogP contribution in [0.2, 0.25) is 0 Å². The number of carbonyl (C=O) groups is 1. The molecular formula is C40H79N3O. The Morgan fingerprint density at radius 3 is 1.25 bits per heavy atom. The van der Waals surface area contributed by atoms with Crippen molar-refractivity contribution in [3.8, 4) is 0 Å². The number of rotatable bonds is 34. The summed E-state index contributed by atoms with van der Waals surface area (Å²) in [6.45, 7) is 7.49. The number of aliphatic imine (C=N–C) groups is 1. The molecule has 0 radical (unpaired) electrons. The van der Waals surface area contributed by atoms with Crippen LogP contribution < -0.4 is 10.6 Å². The van der Waals surface area contributed by atoms with E-state index in [0.717, 1.165) is 31.6 Å². The molecule has 0 fully saturated rings. The fourth-order valence-electron chi connectivity index (χ4n) is 6.74. The SMILES string of the molecule is CCCCCCCCCCCCCCCCCC(=O)NC1(CC)CNC(CCCCCCCCCCCCCCCCC)=N1. The third-order valence-electron chi connectivity index (χ3n) is 9.92. The molecule has 0 spiro atoms. The smallest absolute Gasteiger partial charge is 0.221 e. The van der Waals surface area contributed by atoms with Crippen LogP contribution in [-0.4, -0.2) is 24.0 Å². The summed E-state index contributed by atoms with van der Waals surface area (Å²) < 4.78 is 0. The van der Waals surface area contributed by atoms with Crippen LogP contribution in [0.25, 0.3) is 0 Å². The first-order chi connectivity index (χ1) is 21.7. The van der Waals surface area contributed by atoms with Crippen molar-refractivity contribution in [1.29, 1.82) is 0 Å². The van der Waals surface area contributed by atoms with Gasteiger partial charge in [0.2, 0.25) is 5.91 Å². The summed E-state index contributed by atoms with van der Waals surface area (Å²) in [4.78, 5) is 17.7. The van der Waals surface area contributed by atoms with Gasteiger partial charge in [-0.2, -0.15) is 0 Å². The van der Waals surface area contributed by atoms with E-state index in [2.05, 4.69) is 31.4 Å². The topological polar surface area (TPSA) is 53.5 Å². The summed E-state index contributed by atoms with van der Waals surface area (Å²) in [7, 11) is 0. The highest BCUT2D eigenvalue weighted by molar-refractivity contribution is 5.85. The number of unbranched alkanes of at least 4 members (excludes halogenated alkanes) is 28. The average Bonchev–Trinajstić information content (AvgIpc) is 3.43. The van der Waals surface area contributed by atoms with Crippen molar-refractivity contribution in [1.82, 2.24) is 10.6 Å². The summed E-state index contributed by atoms with van der Waals surface area (Å²) in [5, 5.41) is 6.80. The van der Waals surface area contributed by atoms with E-state index < -0.39 is 5.66 Å². The van der Waals surface area contributed by atoms with Gasteiger partial charge in [0.15, 0.2) is 5.66 Å². The average molecular weight is 618 g/mol. The number of hydrogen-bond acceptors (Lipinski definition) is 3. The van der Waals surface area contributed by atoms with Gasteiger partial charge < -0.3 is 10.6 Å². The van der Waals surface area contributed by atoms with Crippen molar-refractivity contribution in [3.05, 3.63) is 0 Å². The molecule has 1 heterocycles. The van der Waals surface area contributed by atoms with Gasteiger partial charge in [0.1, 0.15) is 0 Å². The van der Waals surface area contributed by atoms with Crippen LogP contribution in [0.4, 0.5) is 0 Å². The van der Waals surface area contributed by atoms with Crippen molar-refractivity contribution < 1.29 is 4.79 Å². The van der Waals surface area contributed by atoms with E-state index in [1.165, 1.54) is 186 Å². The first-order valence-corrected chi connectivity index (χ1v) is 20.3. The second kappa shape index (κ2) is 30.6. The molecule has 0 aromatic heterocycles. The Morgan fingerprint density at radius 2 is 0.886 bits per heavy atom. The molecule has 260 valence electrons. The van der Waals surface area contributed by atoms with E-state index in [1.807, 2.05) is 0 Å². The molecule has 0 saturated heterocycles. The minimum absolute atomic E-state index is 0.181. The van der Waals surface area contributed by atoms with Crippen LogP contribution in [0.3, 0.4) is 0 Å². The first-order valence-electron chi connectivity index (χ1n) is 20.3. The lowest BCUT2D eigenvalue weighted by Crippen LogP contribution is -2.49. The standard InChI is InChI=1S/C40H79N3O/c1-4-7-9-11-13-15-17-19-21-23-25-27-29-31-33-35-38-41-37-40(6-3,42-38)43-39(44)36-34-32-30-28-26-24-22-20-18-16-14-12-10-8-5-2/h4-37H2,1-3H3,(H,41,42)(H,43,44). The number of hydrogen-bond donors (Lipinski definition) is 2. The summed E-state index contributed by atoms with van der Waals surface area (Å²) >= 11 is 0. The zero-order valence-electron chi connectivity index (χ0n) is 30.4. The quantitative estimate of drug-likeness (QED) is 0.0706. The fourth-order valence-corrected chi connectivity index (χ4v) is 6.74. The normalized spacial score (nSPS) is 16.3. The summed E-state index contributed by atoms with van der Waals surface area (Å²) in [6, 6.07) is 0. The second-order valence-electron chi connectivity index (χ2n) is 14.2. The number of carbonyl (C=O) groups excluding carboxylic acids is 1. The fraction of sp³-hybridized carbons (Fsp3) is 0.950. The maximum absolute atomic E-state index is 12.7. The molecule has 1 aliphatic rings. The monoisotopic (exact) mass is 618 g/mol. The van der Waals surface area contributed by atoms with Gasteiger partial charge in [-0.15, -0.1) is 0 Å². The highest BCUT2D eigenvalue weighted by Crippen LogP contribution is 2.20. The minimum atomic E-state index is -0.419. The number of nitrogens with one attached hydrogen (secondary N) is 2. The number of amides is 1. The summed E-state index contributed by atoms with van der Waals surface area (Å²) in [6.07, 6.45) is 43.8. The Morgan fingerprint density at radius 1 is 0.545 bits per heavy atom. The maximum Gasteiger partial charge on any atom is 0.221 e. The van der Waals surface area contributed by atoms with Crippen molar-refractivity contribution in [2.45, 2.75) is 238 Å². The molecule has 1 atom stereocenters. The van der Waals surface area contributed by atoms with Gasteiger partial charge in [0.05, 0.1) is 12.4 Å². The van der Waals surface area contributed by atoms with Crippen molar-refractivity contribution in [2.24, 2.45) is 4.99 Å². The van der Waals surface area contributed by atoms with Gasteiger partial charge in [-0.05, 0) is 19.3 Å². The molecule has 4 heteroatoms. The van der Waals surface area contributed by atoms with Crippen LogP contribution >= 0.6 is 0 Å². The van der Waals surface area contributed by atoms with Gasteiger partial charge in [0, 0.05) is 12.8 Å². The third-order valence-corrected chi connectivity index (χ3v) is 9.92. The van der Waals surface area contributed by atoms with Gasteiger partial charge in [0.25, 0.3) is 0 Å². The predicted octanol–water partition coefficient (Wildman–Crippen LogP) is 12.7. The Balaban J connectivity index is 1.96. The number of amidine groups is 1. The summed E-state index contributed by atoms with van der Waals surface area (Å²) in [5.41, 5.74) is -0.419. The molecule has 1 unspecified atom stereocenters. The van der Waals surface area contributed by atoms with Crippen molar-refractivity contribution in [2.75, 3.05) is 6.54 Å². The Labute approximate surface area is 276 Å². The maximum atomic E-state index is 12.7. The lowest BCUT2D eigenvalue weighted by molar-refractivity contribution is -0.123. The van der Waals surface area contributed by atoms with Crippen LogP contribution in [0.15, 0.2) is 4.99 Å². The lowest BCUT2D eigenvalue weighted by Gasteiger charge is -2.25. The van der Waals surface area contributed by atoms with E-state index in [1.54, 1.807) is 0 Å². The Hall–Kier alpha value is -1.06. The largest absolute Gasteiger partial charge is 0.369 e. The molecule has 0 aliphatic carbocycles. The zero-order valence-corrected chi connectivity index (χ0v) is 30.4. The van der Waals surface area contributed by atoms with Crippen molar-refractivity contribution >= 4 is 11.7 Å². The summed E-state index contributed by atoms with van der Waals surface area (Å²) in [5.74, 6) is 1.29. The van der Waals surface area contributed by atoms with E-state index in [0.29, 0.717) is 6.42 Å². The minimum Gasteiger partial charge on any atom is -0.369 e. The molecule has 0 aromatic carbocycles. The third kappa shape index (κ3) is 24.2. The first kappa shape index (κ1) is 41.0. The van der Waals surface area contributed by atoms with Gasteiger partial charge in [-0.3, -0.25) is 4.79 Å². The van der Waals surface area contributed by atoms with E-state index in [4.69, 9.17) is 4.99 Å². The van der Waals surface area contributed by atoms with E-state index in [9.17, 15) is 4.79 Å². The molecule has 1 rings (SSSR count). The number of nitrogens with zero attached hydrogens (tertiary/aromatic N) is 1. The van der Waals surface area contributed by atoms with Crippen LogP contribution in [0.5, 0.6) is 0 Å². The van der Waals surface area contributed by atoms with Gasteiger partial charge in [-0.1, -0.05) is 201 Å². The molecule has 0 bridgehead atoms. The molecule has 1 amide bonds. The highest BCUT2D eigenvalue weighted by atomic mass is 16.1. The Bertz CT molecular complexity index is 663. The van der Waals surface area contributed by atoms with E-state index in [-0.39, 0.29) is 5.91 Å². The molecule has 2 N–H and O–H groups in total. The van der Waals surface area contributed by atoms with Crippen LogP contribution in [0.1, 0.15) is 233 Å². The predicted molar refractivity (Wildman–Crippen MR) is 196 cm³/mol. The highest BCUT2D eigenvalue weighted by Gasteiger charge is 2.34. The molecule has 0 saturated carbocycles. The second-order valence-corrected chi connectivity index (χ2v) is 14.2. The van der Waals surface area contributed by atoms with Crippen LogP contribution in [-0.2, 0) is 4.79 Å². The molecule has 44 heavy (non-hydrogen) atoms. The molecule has 0 aromatic rings. The molecule has 4 nitrogen and oxygen atoms in total. The van der Waals surface area contributed by atoms with Crippen molar-refractivity contribution in [3.63, 3.8) is 0 Å². The van der Waals surface area contributed by atoms with Crippen LogP contribution in [0, 0.1) is 0 Å². The zero-order chi connectivity index (χ0) is 31.8. The van der Waals surface area contributed by atoms with E-state index >= 15 is 0 Å². The molecule has 1 aliphatic heterocycles. The van der Waals surface area contributed by atoms with Gasteiger partial charge >= 0.3 is 0 Å².